The minimum atomic E-state index is -0.0248. The van der Waals surface area contributed by atoms with Crippen LogP contribution in [0.15, 0.2) is 30.3 Å². The molecule has 2 fully saturated rings. The fourth-order valence-electron chi connectivity index (χ4n) is 4.09. The predicted molar refractivity (Wildman–Crippen MR) is 111 cm³/mol. The van der Waals surface area contributed by atoms with Crippen molar-refractivity contribution in [3.63, 3.8) is 0 Å². The lowest BCUT2D eigenvalue weighted by atomic mass is 9.96. The van der Waals surface area contributed by atoms with Crippen molar-refractivity contribution in [2.45, 2.75) is 38.9 Å². The van der Waals surface area contributed by atoms with Crippen molar-refractivity contribution in [2.75, 3.05) is 45.9 Å². The second kappa shape index (κ2) is 10.6. The van der Waals surface area contributed by atoms with Crippen LogP contribution >= 0.6 is 0 Å². The Hall–Kier alpha value is -2.12. The van der Waals surface area contributed by atoms with Gasteiger partial charge in [-0.05, 0) is 38.8 Å². The van der Waals surface area contributed by atoms with Gasteiger partial charge in [-0.25, -0.2) is 0 Å². The third-order valence-corrected chi connectivity index (χ3v) is 5.55. The van der Waals surface area contributed by atoms with Crippen LogP contribution in [0.5, 0.6) is 5.75 Å². The van der Waals surface area contributed by atoms with Crippen LogP contribution in [0.2, 0.25) is 0 Å². The Labute approximate surface area is 173 Å². The van der Waals surface area contributed by atoms with Crippen molar-refractivity contribution in [1.29, 1.82) is 0 Å². The summed E-state index contributed by atoms with van der Waals surface area (Å²) in [4.78, 5) is 28.9. The van der Waals surface area contributed by atoms with Crippen molar-refractivity contribution in [3.8, 4) is 5.75 Å². The zero-order valence-electron chi connectivity index (χ0n) is 17.5. The second-order valence-electron chi connectivity index (χ2n) is 8.06. The van der Waals surface area contributed by atoms with E-state index in [1.807, 2.05) is 30.3 Å². The summed E-state index contributed by atoms with van der Waals surface area (Å²) >= 11 is 0. The van der Waals surface area contributed by atoms with Gasteiger partial charge in [0.1, 0.15) is 5.75 Å². The SMILES string of the molecule is CC1CN(CCNC(=O)C2CCN(C(=O)COc3ccccc3)CC2)CC(C)O1. The van der Waals surface area contributed by atoms with E-state index in [1.54, 1.807) is 4.90 Å². The summed E-state index contributed by atoms with van der Waals surface area (Å²) < 4.78 is 11.3. The number of rotatable bonds is 7. The number of para-hydroxylation sites is 1. The van der Waals surface area contributed by atoms with E-state index in [1.165, 1.54) is 0 Å². The molecule has 7 heteroatoms. The average Bonchev–Trinajstić information content (AvgIpc) is 2.72. The highest BCUT2D eigenvalue weighted by Gasteiger charge is 2.28. The summed E-state index contributed by atoms with van der Waals surface area (Å²) in [6.45, 7) is 8.73. The van der Waals surface area contributed by atoms with E-state index in [0.29, 0.717) is 38.2 Å². The van der Waals surface area contributed by atoms with Gasteiger partial charge in [0.25, 0.3) is 5.91 Å². The second-order valence-corrected chi connectivity index (χ2v) is 8.06. The topological polar surface area (TPSA) is 71.1 Å². The molecule has 7 nitrogen and oxygen atoms in total. The molecule has 2 unspecified atom stereocenters. The highest BCUT2D eigenvalue weighted by molar-refractivity contribution is 5.80. The van der Waals surface area contributed by atoms with E-state index in [9.17, 15) is 9.59 Å². The molecule has 0 radical (unpaired) electrons. The zero-order valence-corrected chi connectivity index (χ0v) is 17.5. The quantitative estimate of drug-likeness (QED) is 0.748. The lowest BCUT2D eigenvalue weighted by Gasteiger charge is -2.35. The third kappa shape index (κ3) is 6.72. The molecule has 2 aliphatic rings. The maximum absolute atomic E-state index is 12.5. The molecule has 0 aliphatic carbocycles. The molecule has 2 heterocycles. The van der Waals surface area contributed by atoms with Crippen LogP contribution in [0.25, 0.3) is 0 Å². The molecule has 160 valence electrons. The van der Waals surface area contributed by atoms with Gasteiger partial charge in [0.2, 0.25) is 5.91 Å². The number of ether oxygens (including phenoxy) is 2. The number of nitrogens with zero attached hydrogens (tertiary/aromatic N) is 2. The van der Waals surface area contributed by atoms with Crippen molar-refractivity contribution in [2.24, 2.45) is 5.92 Å². The molecule has 1 N–H and O–H groups in total. The summed E-state index contributed by atoms with van der Waals surface area (Å²) in [6, 6.07) is 9.34. The first kappa shape index (κ1) is 21.6. The summed E-state index contributed by atoms with van der Waals surface area (Å²) in [7, 11) is 0. The Morgan fingerprint density at radius 2 is 1.76 bits per heavy atom. The maximum Gasteiger partial charge on any atom is 0.260 e. The molecule has 2 amide bonds. The van der Waals surface area contributed by atoms with E-state index < -0.39 is 0 Å². The summed E-state index contributed by atoms with van der Waals surface area (Å²) in [6.07, 6.45) is 1.88. The number of likely N-dealkylation sites (tertiary alicyclic amines) is 1. The van der Waals surface area contributed by atoms with Crippen LogP contribution in [0.3, 0.4) is 0 Å². The lowest BCUT2D eigenvalue weighted by Crippen LogP contribution is -2.49. The monoisotopic (exact) mass is 403 g/mol. The number of hydrogen-bond donors (Lipinski definition) is 1. The Balaban J connectivity index is 1.32. The molecule has 3 rings (SSSR count). The fourth-order valence-corrected chi connectivity index (χ4v) is 4.09. The van der Waals surface area contributed by atoms with Crippen LogP contribution < -0.4 is 10.1 Å². The highest BCUT2D eigenvalue weighted by atomic mass is 16.5. The molecule has 0 bridgehead atoms. The van der Waals surface area contributed by atoms with Gasteiger partial charge in [0, 0.05) is 45.2 Å². The Kier molecular flexibility index (Phi) is 7.89. The number of hydrogen-bond acceptors (Lipinski definition) is 5. The standard InChI is InChI=1S/C22H33N3O4/c1-17-14-24(15-18(2)29-17)13-10-23-22(27)19-8-11-25(12-9-19)21(26)16-28-20-6-4-3-5-7-20/h3-7,17-19H,8-16H2,1-2H3,(H,23,27). The molecular formula is C22H33N3O4. The van der Waals surface area contributed by atoms with E-state index in [2.05, 4.69) is 24.1 Å². The zero-order chi connectivity index (χ0) is 20.6. The van der Waals surface area contributed by atoms with Crippen molar-refractivity contribution >= 4 is 11.8 Å². The highest BCUT2D eigenvalue weighted by Crippen LogP contribution is 2.18. The van der Waals surface area contributed by atoms with E-state index in [0.717, 1.165) is 19.6 Å². The molecule has 0 saturated carbocycles. The number of benzene rings is 1. The number of piperidine rings is 1. The largest absolute Gasteiger partial charge is 0.484 e. The Bertz CT molecular complexity index is 651. The molecular weight excluding hydrogens is 370 g/mol. The Morgan fingerprint density at radius 3 is 2.41 bits per heavy atom. The van der Waals surface area contributed by atoms with Gasteiger partial charge in [-0.1, -0.05) is 18.2 Å². The number of morpholine rings is 1. The Morgan fingerprint density at radius 1 is 1.10 bits per heavy atom. The van der Waals surface area contributed by atoms with Crippen LogP contribution in [-0.4, -0.2) is 79.7 Å². The maximum atomic E-state index is 12.5. The molecule has 2 saturated heterocycles. The van der Waals surface area contributed by atoms with E-state index >= 15 is 0 Å². The number of carbonyl (C=O) groups is 2. The molecule has 2 atom stereocenters. The molecule has 0 aromatic heterocycles. The summed E-state index contributed by atoms with van der Waals surface area (Å²) in [5.41, 5.74) is 0. The first-order valence-corrected chi connectivity index (χ1v) is 10.6. The number of amides is 2. The van der Waals surface area contributed by atoms with Crippen LogP contribution in [0.4, 0.5) is 0 Å². The van der Waals surface area contributed by atoms with Gasteiger partial charge in [-0.2, -0.15) is 0 Å². The summed E-state index contributed by atoms with van der Waals surface area (Å²) in [5.74, 6) is 0.756. The van der Waals surface area contributed by atoms with Crippen LogP contribution in [0.1, 0.15) is 26.7 Å². The first-order valence-electron chi connectivity index (χ1n) is 10.6. The van der Waals surface area contributed by atoms with E-state index in [-0.39, 0.29) is 36.5 Å². The average molecular weight is 404 g/mol. The third-order valence-electron chi connectivity index (χ3n) is 5.55. The van der Waals surface area contributed by atoms with Crippen molar-refractivity contribution in [3.05, 3.63) is 30.3 Å². The van der Waals surface area contributed by atoms with Gasteiger partial charge in [0.15, 0.2) is 6.61 Å². The molecule has 1 aromatic rings. The minimum Gasteiger partial charge on any atom is -0.484 e. The van der Waals surface area contributed by atoms with Gasteiger partial charge >= 0.3 is 0 Å². The molecule has 2 aliphatic heterocycles. The normalized spacial score (nSPS) is 23.6. The van der Waals surface area contributed by atoms with Crippen molar-refractivity contribution in [1.82, 2.24) is 15.1 Å². The fraction of sp³-hybridized carbons (Fsp3) is 0.636. The van der Waals surface area contributed by atoms with Gasteiger partial charge < -0.3 is 19.7 Å². The smallest absolute Gasteiger partial charge is 0.260 e. The number of carbonyl (C=O) groups excluding carboxylic acids is 2. The predicted octanol–water partition coefficient (Wildman–Crippen LogP) is 1.53. The lowest BCUT2D eigenvalue weighted by molar-refractivity contribution is -0.137. The van der Waals surface area contributed by atoms with Crippen LogP contribution in [0, 0.1) is 5.92 Å². The van der Waals surface area contributed by atoms with Crippen LogP contribution in [-0.2, 0) is 14.3 Å². The molecule has 1 aromatic carbocycles. The van der Waals surface area contributed by atoms with Gasteiger partial charge in [-0.15, -0.1) is 0 Å². The van der Waals surface area contributed by atoms with Gasteiger partial charge in [-0.3, -0.25) is 14.5 Å². The first-order chi connectivity index (χ1) is 14.0. The number of nitrogens with one attached hydrogen (secondary N) is 1. The molecule has 29 heavy (non-hydrogen) atoms. The molecule has 0 spiro atoms. The summed E-state index contributed by atoms with van der Waals surface area (Å²) in [5, 5.41) is 3.07. The minimum absolute atomic E-state index is 0.0170. The van der Waals surface area contributed by atoms with Crippen molar-refractivity contribution < 1.29 is 19.1 Å². The van der Waals surface area contributed by atoms with E-state index in [4.69, 9.17) is 9.47 Å². The van der Waals surface area contributed by atoms with Gasteiger partial charge in [0.05, 0.1) is 12.2 Å².